The fraction of sp³-hybridized carbons (Fsp3) is 0.417. The maximum Gasteiger partial charge on any atom is 0.389 e. The van der Waals surface area contributed by atoms with Crippen LogP contribution in [-0.2, 0) is 16.1 Å². The fourth-order valence-corrected chi connectivity index (χ4v) is 1.21. The van der Waals surface area contributed by atoms with Crippen LogP contribution < -0.4 is 0 Å². The van der Waals surface area contributed by atoms with Gasteiger partial charge in [-0.3, -0.25) is 4.79 Å². The van der Waals surface area contributed by atoms with Crippen molar-refractivity contribution < 1.29 is 22.7 Å². The lowest BCUT2D eigenvalue weighted by molar-refractivity contribution is -0.145. The molecule has 0 atom stereocenters. The monoisotopic (exact) mass is 246 g/mol. The number of hydrogen-bond donors (Lipinski definition) is 0. The van der Waals surface area contributed by atoms with Crippen molar-refractivity contribution in [3.05, 3.63) is 35.9 Å². The summed E-state index contributed by atoms with van der Waals surface area (Å²) in [4.78, 5) is 11.1. The predicted molar refractivity (Wildman–Crippen MR) is 56.4 cm³/mol. The second-order valence-corrected chi connectivity index (χ2v) is 3.63. The molecule has 1 rings (SSSR count). The molecule has 17 heavy (non-hydrogen) atoms. The molecular formula is C12H13F3O2. The molecule has 0 unspecified atom stereocenters. The van der Waals surface area contributed by atoms with Crippen LogP contribution in [0.25, 0.3) is 0 Å². The van der Waals surface area contributed by atoms with E-state index in [1.54, 1.807) is 0 Å². The van der Waals surface area contributed by atoms with Crippen LogP contribution in [-0.4, -0.2) is 18.6 Å². The van der Waals surface area contributed by atoms with Crippen molar-refractivity contribution in [2.24, 2.45) is 0 Å². The van der Waals surface area contributed by atoms with E-state index in [2.05, 4.69) is 0 Å². The molecule has 0 spiro atoms. The maximum absolute atomic E-state index is 11.8. The van der Waals surface area contributed by atoms with Gasteiger partial charge in [0.05, 0.1) is 13.0 Å². The lowest BCUT2D eigenvalue weighted by Crippen LogP contribution is -2.14. The van der Waals surface area contributed by atoms with Crippen LogP contribution in [0.15, 0.2) is 30.3 Å². The van der Waals surface area contributed by atoms with Gasteiger partial charge in [0, 0.05) is 6.42 Å². The zero-order chi connectivity index (χ0) is 12.7. The molecule has 0 saturated heterocycles. The number of carbonyl (C=O) groups is 1. The van der Waals surface area contributed by atoms with Crippen molar-refractivity contribution >= 4 is 5.78 Å². The molecule has 0 aliphatic heterocycles. The van der Waals surface area contributed by atoms with E-state index in [0.29, 0.717) is 0 Å². The van der Waals surface area contributed by atoms with E-state index in [9.17, 15) is 18.0 Å². The van der Waals surface area contributed by atoms with Gasteiger partial charge < -0.3 is 4.74 Å². The van der Waals surface area contributed by atoms with Crippen molar-refractivity contribution in [3.63, 3.8) is 0 Å². The van der Waals surface area contributed by atoms with Gasteiger partial charge in [0.25, 0.3) is 0 Å². The van der Waals surface area contributed by atoms with Crippen molar-refractivity contribution in [1.82, 2.24) is 0 Å². The van der Waals surface area contributed by atoms with Crippen LogP contribution >= 0.6 is 0 Å². The summed E-state index contributed by atoms with van der Waals surface area (Å²) < 4.78 is 40.5. The number of benzene rings is 1. The highest BCUT2D eigenvalue weighted by atomic mass is 19.4. The summed E-state index contributed by atoms with van der Waals surface area (Å²) in [5, 5.41) is 0. The highest BCUT2D eigenvalue weighted by Gasteiger charge is 2.27. The summed E-state index contributed by atoms with van der Waals surface area (Å²) in [6.45, 7) is -0.0381. The largest absolute Gasteiger partial charge is 0.389 e. The molecule has 0 N–H and O–H groups in total. The Balaban J connectivity index is 2.17. The van der Waals surface area contributed by atoms with Crippen molar-refractivity contribution in [3.8, 4) is 0 Å². The molecule has 0 bridgehead atoms. The van der Waals surface area contributed by atoms with Crippen molar-refractivity contribution in [2.75, 3.05) is 6.61 Å². The third-order valence-corrected chi connectivity index (χ3v) is 2.06. The summed E-state index contributed by atoms with van der Waals surface area (Å²) in [5.41, 5.74) is 0.885. The zero-order valence-electron chi connectivity index (χ0n) is 9.17. The fourth-order valence-electron chi connectivity index (χ4n) is 1.21. The van der Waals surface area contributed by atoms with Gasteiger partial charge in [0.15, 0.2) is 5.78 Å². The molecule has 1 aromatic carbocycles. The Morgan fingerprint density at radius 2 is 1.82 bits per heavy atom. The number of hydrogen-bond acceptors (Lipinski definition) is 2. The van der Waals surface area contributed by atoms with Crippen LogP contribution in [0.1, 0.15) is 18.4 Å². The van der Waals surface area contributed by atoms with Crippen LogP contribution in [0.3, 0.4) is 0 Å². The van der Waals surface area contributed by atoms with Gasteiger partial charge in [-0.2, -0.15) is 13.2 Å². The van der Waals surface area contributed by atoms with Gasteiger partial charge in [-0.15, -0.1) is 0 Å². The lowest BCUT2D eigenvalue weighted by atomic mass is 10.2. The van der Waals surface area contributed by atoms with E-state index < -0.39 is 24.8 Å². The summed E-state index contributed by atoms with van der Waals surface area (Å²) in [5.74, 6) is -0.529. The van der Waals surface area contributed by atoms with E-state index in [1.165, 1.54) is 0 Å². The number of carbonyl (C=O) groups excluding carboxylic acids is 1. The summed E-state index contributed by atoms with van der Waals surface area (Å²) in [6, 6.07) is 9.13. The van der Waals surface area contributed by atoms with Gasteiger partial charge in [-0.05, 0) is 5.56 Å². The third-order valence-electron chi connectivity index (χ3n) is 2.06. The second-order valence-electron chi connectivity index (χ2n) is 3.63. The molecule has 0 aliphatic carbocycles. The maximum atomic E-state index is 11.8. The Labute approximate surface area is 97.4 Å². The molecule has 5 heteroatoms. The number of halogens is 3. The first-order valence-electron chi connectivity index (χ1n) is 5.17. The van der Waals surface area contributed by atoms with Crippen molar-refractivity contribution in [2.45, 2.75) is 25.6 Å². The van der Waals surface area contributed by atoms with E-state index >= 15 is 0 Å². The molecule has 0 heterocycles. The summed E-state index contributed by atoms with van der Waals surface area (Å²) in [6.07, 6.45) is -5.88. The molecule has 0 fully saturated rings. The summed E-state index contributed by atoms with van der Waals surface area (Å²) >= 11 is 0. The second kappa shape index (κ2) is 6.39. The summed E-state index contributed by atoms with van der Waals surface area (Å²) in [7, 11) is 0. The Morgan fingerprint density at radius 1 is 1.18 bits per heavy atom. The van der Waals surface area contributed by atoms with Crippen LogP contribution in [0.2, 0.25) is 0 Å². The highest BCUT2D eigenvalue weighted by Crippen LogP contribution is 2.21. The standard InChI is InChI=1S/C12H13F3O2/c13-12(14,15)7-6-11(16)9-17-8-10-4-2-1-3-5-10/h1-5H,6-9H2. The number of Topliss-reactive ketones (excluding diaryl/α,β-unsaturated/α-hetero) is 1. The predicted octanol–water partition coefficient (Wildman–Crippen LogP) is 3.11. The number of rotatable bonds is 6. The first-order chi connectivity index (χ1) is 7.97. The Hall–Kier alpha value is -1.36. The first-order valence-corrected chi connectivity index (χ1v) is 5.17. The average molecular weight is 246 g/mol. The lowest BCUT2D eigenvalue weighted by Gasteiger charge is -2.06. The molecule has 94 valence electrons. The molecular weight excluding hydrogens is 233 g/mol. The SMILES string of the molecule is O=C(CCC(F)(F)F)COCc1ccccc1. The topological polar surface area (TPSA) is 26.3 Å². The minimum Gasteiger partial charge on any atom is -0.369 e. The Bertz CT molecular complexity index is 347. The van der Waals surface area contributed by atoms with E-state index in [-0.39, 0.29) is 13.2 Å². The molecule has 1 aromatic rings. The van der Waals surface area contributed by atoms with E-state index in [1.807, 2.05) is 30.3 Å². The number of ketones is 1. The highest BCUT2D eigenvalue weighted by molar-refractivity contribution is 5.79. The van der Waals surface area contributed by atoms with Gasteiger partial charge >= 0.3 is 6.18 Å². The van der Waals surface area contributed by atoms with Crippen molar-refractivity contribution in [1.29, 1.82) is 0 Å². The van der Waals surface area contributed by atoms with E-state index in [4.69, 9.17) is 4.74 Å². The molecule has 0 amide bonds. The minimum absolute atomic E-state index is 0.235. The Kier molecular flexibility index (Phi) is 5.15. The van der Waals surface area contributed by atoms with Crippen LogP contribution in [0, 0.1) is 0 Å². The normalized spacial score (nSPS) is 11.5. The minimum atomic E-state index is -4.28. The Morgan fingerprint density at radius 3 is 2.41 bits per heavy atom. The smallest absolute Gasteiger partial charge is 0.369 e. The molecule has 0 aromatic heterocycles. The van der Waals surface area contributed by atoms with Gasteiger partial charge in [-0.1, -0.05) is 30.3 Å². The van der Waals surface area contributed by atoms with Crippen LogP contribution in [0.5, 0.6) is 0 Å². The van der Waals surface area contributed by atoms with Gasteiger partial charge in [-0.25, -0.2) is 0 Å². The molecule has 0 saturated carbocycles. The molecule has 0 radical (unpaired) electrons. The number of ether oxygens (including phenoxy) is 1. The zero-order valence-corrected chi connectivity index (χ0v) is 9.17. The quantitative estimate of drug-likeness (QED) is 0.770. The van der Waals surface area contributed by atoms with E-state index in [0.717, 1.165) is 5.56 Å². The average Bonchev–Trinajstić information content (AvgIpc) is 2.27. The number of alkyl halides is 3. The third kappa shape index (κ3) is 6.73. The molecule has 2 nitrogen and oxygen atoms in total. The molecule has 0 aliphatic rings. The van der Waals surface area contributed by atoms with Gasteiger partial charge in [0.2, 0.25) is 0 Å². The van der Waals surface area contributed by atoms with Crippen LogP contribution in [0.4, 0.5) is 13.2 Å². The van der Waals surface area contributed by atoms with Gasteiger partial charge in [0.1, 0.15) is 6.61 Å². The first kappa shape index (κ1) is 13.7.